The third-order valence-electron chi connectivity index (χ3n) is 3.04. The molecule has 0 spiro atoms. The second-order valence-corrected chi connectivity index (χ2v) is 4.27. The Morgan fingerprint density at radius 2 is 2.17 bits per heavy atom. The number of carbonyl (C=O) groups excluding carboxylic acids is 1. The van der Waals surface area contributed by atoms with Crippen molar-refractivity contribution in [1.82, 2.24) is 0 Å². The standard InChI is InChI=1S/C10H16O2/c1-6(2)10(11)8-5-7-3-4-9(8)12-7/h6-9H,3-5H2,1-2H3. The second kappa shape index (κ2) is 2.84. The maximum Gasteiger partial charge on any atom is 0.141 e. The smallest absolute Gasteiger partial charge is 0.141 e. The van der Waals surface area contributed by atoms with Crippen LogP contribution in [0.3, 0.4) is 0 Å². The van der Waals surface area contributed by atoms with Gasteiger partial charge in [0.2, 0.25) is 0 Å². The monoisotopic (exact) mass is 168 g/mol. The summed E-state index contributed by atoms with van der Waals surface area (Å²) in [4.78, 5) is 11.7. The molecule has 0 aromatic heterocycles. The number of hydrogen-bond acceptors (Lipinski definition) is 2. The number of Topliss-reactive ketones (excluding diaryl/α,β-unsaturated/α-hetero) is 1. The number of hydrogen-bond donors (Lipinski definition) is 0. The van der Waals surface area contributed by atoms with Gasteiger partial charge in [-0.3, -0.25) is 4.79 Å². The Labute approximate surface area is 73.3 Å². The van der Waals surface area contributed by atoms with Crippen molar-refractivity contribution in [3.63, 3.8) is 0 Å². The molecule has 0 saturated carbocycles. The van der Waals surface area contributed by atoms with Crippen LogP contribution >= 0.6 is 0 Å². The Bertz CT molecular complexity index is 198. The van der Waals surface area contributed by atoms with Gasteiger partial charge in [-0.25, -0.2) is 0 Å². The van der Waals surface area contributed by atoms with Crippen molar-refractivity contribution in [2.45, 2.75) is 45.3 Å². The molecule has 2 nitrogen and oxygen atoms in total. The third kappa shape index (κ3) is 1.18. The van der Waals surface area contributed by atoms with E-state index in [0.29, 0.717) is 11.9 Å². The molecule has 0 aromatic carbocycles. The molecule has 2 heteroatoms. The number of ketones is 1. The molecule has 2 rings (SSSR count). The predicted molar refractivity (Wildman–Crippen MR) is 45.8 cm³/mol. The number of fused-ring (bicyclic) bond motifs is 2. The van der Waals surface area contributed by atoms with Crippen molar-refractivity contribution >= 4 is 5.78 Å². The van der Waals surface area contributed by atoms with Gasteiger partial charge >= 0.3 is 0 Å². The summed E-state index contributed by atoms with van der Waals surface area (Å²) >= 11 is 0. The lowest BCUT2D eigenvalue weighted by Crippen LogP contribution is -2.28. The molecular weight excluding hydrogens is 152 g/mol. The Hall–Kier alpha value is -0.370. The van der Waals surface area contributed by atoms with E-state index in [-0.39, 0.29) is 17.9 Å². The van der Waals surface area contributed by atoms with Gasteiger partial charge in [-0.05, 0) is 19.3 Å². The van der Waals surface area contributed by atoms with Crippen molar-refractivity contribution in [2.75, 3.05) is 0 Å². The quantitative estimate of drug-likeness (QED) is 0.628. The Morgan fingerprint density at radius 1 is 1.42 bits per heavy atom. The molecule has 0 aromatic rings. The van der Waals surface area contributed by atoms with Crippen LogP contribution < -0.4 is 0 Å². The fourth-order valence-electron chi connectivity index (χ4n) is 2.37. The molecule has 3 unspecified atom stereocenters. The van der Waals surface area contributed by atoms with Crippen LogP contribution in [0, 0.1) is 11.8 Å². The van der Waals surface area contributed by atoms with Gasteiger partial charge in [0, 0.05) is 11.8 Å². The zero-order valence-corrected chi connectivity index (χ0v) is 7.75. The van der Waals surface area contributed by atoms with E-state index in [4.69, 9.17) is 4.74 Å². The zero-order chi connectivity index (χ0) is 8.72. The fourth-order valence-corrected chi connectivity index (χ4v) is 2.37. The van der Waals surface area contributed by atoms with Gasteiger partial charge in [-0.1, -0.05) is 13.8 Å². The molecule has 2 aliphatic heterocycles. The van der Waals surface area contributed by atoms with E-state index in [0.717, 1.165) is 12.8 Å². The van der Waals surface area contributed by atoms with Crippen molar-refractivity contribution in [2.24, 2.45) is 11.8 Å². The highest BCUT2D eigenvalue weighted by Gasteiger charge is 2.44. The van der Waals surface area contributed by atoms with Gasteiger partial charge < -0.3 is 4.74 Å². The normalized spacial score (nSPS) is 39.4. The van der Waals surface area contributed by atoms with Gasteiger partial charge in [-0.2, -0.15) is 0 Å². The molecule has 0 aliphatic carbocycles. The van der Waals surface area contributed by atoms with Gasteiger partial charge in [0.25, 0.3) is 0 Å². The van der Waals surface area contributed by atoms with Crippen LogP contribution in [0.15, 0.2) is 0 Å². The molecule has 12 heavy (non-hydrogen) atoms. The first-order chi connectivity index (χ1) is 5.68. The molecular formula is C10H16O2. The summed E-state index contributed by atoms with van der Waals surface area (Å²) in [6.07, 6.45) is 3.94. The van der Waals surface area contributed by atoms with E-state index in [1.807, 2.05) is 13.8 Å². The van der Waals surface area contributed by atoms with E-state index < -0.39 is 0 Å². The highest BCUT2D eigenvalue weighted by atomic mass is 16.5. The predicted octanol–water partition coefficient (Wildman–Crippen LogP) is 1.78. The van der Waals surface area contributed by atoms with Crippen molar-refractivity contribution < 1.29 is 9.53 Å². The molecule has 2 heterocycles. The maximum atomic E-state index is 11.7. The van der Waals surface area contributed by atoms with Crippen LogP contribution in [0.2, 0.25) is 0 Å². The van der Waals surface area contributed by atoms with Crippen LogP contribution in [0.5, 0.6) is 0 Å². The summed E-state index contributed by atoms with van der Waals surface area (Å²) in [5.74, 6) is 0.809. The summed E-state index contributed by atoms with van der Waals surface area (Å²) in [6.45, 7) is 3.96. The highest BCUT2D eigenvalue weighted by Crippen LogP contribution is 2.40. The lowest BCUT2D eigenvalue weighted by Gasteiger charge is -2.18. The zero-order valence-electron chi connectivity index (χ0n) is 7.75. The van der Waals surface area contributed by atoms with Gasteiger partial charge in [0.05, 0.1) is 12.2 Å². The first-order valence-corrected chi connectivity index (χ1v) is 4.87. The topological polar surface area (TPSA) is 26.3 Å². The minimum absolute atomic E-state index is 0.179. The lowest BCUT2D eigenvalue weighted by atomic mass is 9.82. The van der Waals surface area contributed by atoms with E-state index in [9.17, 15) is 4.79 Å². The summed E-state index contributed by atoms with van der Waals surface area (Å²) < 4.78 is 5.64. The first kappa shape index (κ1) is 8.24. The fraction of sp³-hybridized carbons (Fsp3) is 0.900. The molecule has 0 amide bonds. The SMILES string of the molecule is CC(C)C(=O)C1CC2CCC1O2. The summed E-state index contributed by atoms with van der Waals surface area (Å²) in [5, 5.41) is 0. The largest absolute Gasteiger partial charge is 0.374 e. The molecule has 68 valence electrons. The van der Waals surface area contributed by atoms with Gasteiger partial charge in [0.15, 0.2) is 0 Å². The van der Waals surface area contributed by atoms with E-state index in [2.05, 4.69) is 0 Å². The lowest BCUT2D eigenvalue weighted by molar-refractivity contribution is -0.127. The molecule has 0 radical (unpaired) electrons. The second-order valence-electron chi connectivity index (χ2n) is 4.27. The number of rotatable bonds is 2. The number of ether oxygens (including phenoxy) is 1. The Morgan fingerprint density at radius 3 is 2.58 bits per heavy atom. The molecule has 0 N–H and O–H groups in total. The molecule has 2 aliphatic rings. The van der Waals surface area contributed by atoms with E-state index in [1.165, 1.54) is 6.42 Å². The number of carbonyl (C=O) groups is 1. The summed E-state index contributed by atoms with van der Waals surface area (Å²) in [5.41, 5.74) is 0. The molecule has 3 atom stereocenters. The average molecular weight is 168 g/mol. The van der Waals surface area contributed by atoms with Crippen LogP contribution in [0.4, 0.5) is 0 Å². The summed E-state index contributed by atoms with van der Waals surface area (Å²) in [7, 11) is 0. The van der Waals surface area contributed by atoms with Crippen LogP contribution in [0.1, 0.15) is 33.1 Å². The van der Waals surface area contributed by atoms with Crippen molar-refractivity contribution in [3.8, 4) is 0 Å². The first-order valence-electron chi connectivity index (χ1n) is 4.87. The molecule has 2 bridgehead atoms. The van der Waals surface area contributed by atoms with Crippen LogP contribution in [-0.4, -0.2) is 18.0 Å². The van der Waals surface area contributed by atoms with Gasteiger partial charge in [-0.15, -0.1) is 0 Å². The maximum absolute atomic E-state index is 11.7. The minimum atomic E-state index is 0.179. The van der Waals surface area contributed by atoms with Crippen LogP contribution in [0.25, 0.3) is 0 Å². The third-order valence-corrected chi connectivity index (χ3v) is 3.04. The Balaban J connectivity index is 2.02. The average Bonchev–Trinajstić information content (AvgIpc) is 2.62. The van der Waals surface area contributed by atoms with E-state index >= 15 is 0 Å². The highest BCUT2D eigenvalue weighted by molar-refractivity contribution is 5.83. The van der Waals surface area contributed by atoms with Crippen molar-refractivity contribution in [1.29, 1.82) is 0 Å². The summed E-state index contributed by atoms with van der Waals surface area (Å²) in [6, 6.07) is 0. The van der Waals surface area contributed by atoms with Gasteiger partial charge in [0.1, 0.15) is 5.78 Å². The van der Waals surface area contributed by atoms with Crippen LogP contribution in [-0.2, 0) is 9.53 Å². The van der Waals surface area contributed by atoms with E-state index in [1.54, 1.807) is 0 Å². The molecule has 2 saturated heterocycles. The molecule has 2 fully saturated rings. The Kier molecular flexibility index (Phi) is 1.95. The minimum Gasteiger partial charge on any atom is -0.374 e. The van der Waals surface area contributed by atoms with Crippen molar-refractivity contribution in [3.05, 3.63) is 0 Å².